The third-order valence-electron chi connectivity index (χ3n) is 15.3. The van der Waals surface area contributed by atoms with Crippen molar-refractivity contribution in [2.45, 2.75) is 374 Å². The van der Waals surface area contributed by atoms with Crippen LogP contribution in [0.4, 0.5) is 0 Å². The number of rotatable bonds is 63. The van der Waals surface area contributed by atoms with Crippen molar-refractivity contribution < 1.29 is 28.6 Å². The van der Waals surface area contributed by atoms with Crippen LogP contribution in [0.5, 0.6) is 0 Å². The normalized spacial score (nSPS) is 12.3. The maximum Gasteiger partial charge on any atom is 0.306 e. The molecule has 0 rings (SSSR count). The summed E-state index contributed by atoms with van der Waals surface area (Å²) in [7, 11) is 0. The molecule has 0 aliphatic heterocycles. The van der Waals surface area contributed by atoms with Gasteiger partial charge in [-0.1, -0.05) is 339 Å². The lowest BCUT2D eigenvalue weighted by Crippen LogP contribution is -2.30. The van der Waals surface area contributed by atoms with Crippen LogP contribution in [0.15, 0.2) is 48.6 Å². The molecule has 1 atom stereocenters. The van der Waals surface area contributed by atoms with Crippen LogP contribution >= 0.6 is 0 Å². The summed E-state index contributed by atoms with van der Waals surface area (Å²) in [6.07, 6.45) is 83.0. The van der Waals surface area contributed by atoms with E-state index < -0.39 is 6.10 Å². The summed E-state index contributed by atoms with van der Waals surface area (Å²) >= 11 is 0. The first-order valence-electron chi connectivity index (χ1n) is 34.1. The van der Waals surface area contributed by atoms with Crippen LogP contribution in [-0.2, 0) is 28.6 Å². The Hall–Kier alpha value is -2.63. The second-order valence-corrected chi connectivity index (χ2v) is 23.1. The molecular weight excluding hydrogens is 949 g/mol. The van der Waals surface area contributed by atoms with E-state index in [1.807, 2.05) is 0 Å². The summed E-state index contributed by atoms with van der Waals surface area (Å²) in [5.41, 5.74) is 0. The van der Waals surface area contributed by atoms with E-state index >= 15 is 0 Å². The largest absolute Gasteiger partial charge is 0.462 e. The zero-order valence-electron chi connectivity index (χ0n) is 51.7. The van der Waals surface area contributed by atoms with Gasteiger partial charge in [0.25, 0.3) is 0 Å². The molecule has 0 aliphatic carbocycles. The van der Waals surface area contributed by atoms with E-state index in [1.54, 1.807) is 0 Å². The van der Waals surface area contributed by atoms with E-state index in [4.69, 9.17) is 14.2 Å². The monoisotopic (exact) mass is 1080 g/mol. The van der Waals surface area contributed by atoms with Crippen LogP contribution in [-0.4, -0.2) is 37.2 Å². The Morgan fingerprint density at radius 1 is 0.273 bits per heavy atom. The summed E-state index contributed by atoms with van der Waals surface area (Å²) < 4.78 is 16.9. The van der Waals surface area contributed by atoms with Gasteiger partial charge >= 0.3 is 17.9 Å². The van der Waals surface area contributed by atoms with E-state index in [9.17, 15) is 14.4 Å². The summed E-state index contributed by atoms with van der Waals surface area (Å²) in [6, 6.07) is 0. The van der Waals surface area contributed by atoms with Gasteiger partial charge < -0.3 is 14.2 Å². The van der Waals surface area contributed by atoms with Gasteiger partial charge in [0.05, 0.1) is 0 Å². The van der Waals surface area contributed by atoms with Gasteiger partial charge in [-0.2, -0.15) is 0 Å². The molecule has 6 nitrogen and oxygen atoms in total. The number of hydrogen-bond acceptors (Lipinski definition) is 6. The highest BCUT2D eigenvalue weighted by Gasteiger charge is 2.19. The maximum atomic E-state index is 12.9. The molecule has 0 fully saturated rings. The van der Waals surface area contributed by atoms with Gasteiger partial charge in [-0.05, 0) is 57.8 Å². The second-order valence-electron chi connectivity index (χ2n) is 23.1. The third kappa shape index (κ3) is 64.1. The van der Waals surface area contributed by atoms with Gasteiger partial charge in [-0.3, -0.25) is 14.4 Å². The highest BCUT2D eigenvalue weighted by atomic mass is 16.6. The molecule has 6 heteroatoms. The van der Waals surface area contributed by atoms with Crippen molar-refractivity contribution in [3.05, 3.63) is 48.6 Å². The van der Waals surface area contributed by atoms with Gasteiger partial charge in [0.2, 0.25) is 0 Å². The van der Waals surface area contributed by atoms with Gasteiger partial charge in [-0.25, -0.2) is 0 Å². The Labute approximate surface area is 479 Å². The fourth-order valence-electron chi connectivity index (χ4n) is 10.3. The summed E-state index contributed by atoms with van der Waals surface area (Å²) in [4.78, 5) is 38.2. The quantitative estimate of drug-likeness (QED) is 0.0261. The van der Waals surface area contributed by atoms with Crippen LogP contribution in [0.1, 0.15) is 367 Å². The lowest BCUT2D eigenvalue weighted by Gasteiger charge is -2.18. The van der Waals surface area contributed by atoms with E-state index in [1.165, 1.54) is 238 Å². The first-order chi connectivity index (χ1) is 38.0. The highest BCUT2D eigenvalue weighted by Crippen LogP contribution is 2.18. The Balaban J connectivity index is 4.10. The fraction of sp³-hybridized carbons (Fsp3) is 0.845. The number of allylic oxidation sites excluding steroid dienone is 8. The first kappa shape index (κ1) is 74.4. The first-order valence-corrected chi connectivity index (χ1v) is 34.1. The minimum Gasteiger partial charge on any atom is -0.462 e. The molecule has 0 aromatic heterocycles. The number of esters is 3. The fourth-order valence-corrected chi connectivity index (χ4v) is 10.3. The molecule has 1 unspecified atom stereocenters. The Kier molecular flexibility index (Phi) is 63.6. The number of unbranched alkanes of at least 4 members (excludes halogenated alkanes) is 44. The van der Waals surface area contributed by atoms with E-state index in [0.29, 0.717) is 19.3 Å². The maximum absolute atomic E-state index is 12.9. The summed E-state index contributed by atoms with van der Waals surface area (Å²) in [6.45, 7) is 6.56. The average molecular weight is 1080 g/mol. The van der Waals surface area contributed by atoms with Crippen molar-refractivity contribution in [2.24, 2.45) is 0 Å². The predicted molar refractivity (Wildman–Crippen MR) is 335 cm³/mol. The average Bonchev–Trinajstić information content (AvgIpc) is 3.43. The van der Waals surface area contributed by atoms with E-state index in [-0.39, 0.29) is 31.1 Å². The zero-order valence-corrected chi connectivity index (χ0v) is 51.7. The number of carbonyl (C=O) groups excluding carboxylic acids is 3. The summed E-state index contributed by atoms with van der Waals surface area (Å²) in [5.74, 6) is -0.860. The van der Waals surface area contributed by atoms with Gasteiger partial charge in [0.15, 0.2) is 6.10 Å². The van der Waals surface area contributed by atoms with Gasteiger partial charge in [-0.15, -0.1) is 0 Å². The molecule has 0 spiro atoms. The summed E-state index contributed by atoms with van der Waals surface area (Å²) in [5, 5.41) is 0. The molecule has 0 amide bonds. The zero-order chi connectivity index (χ0) is 55.7. The molecule has 0 aromatic carbocycles. The van der Waals surface area contributed by atoms with Crippen molar-refractivity contribution in [3.63, 3.8) is 0 Å². The lowest BCUT2D eigenvalue weighted by molar-refractivity contribution is -0.167. The Bertz CT molecular complexity index is 1330. The molecular formula is C71H130O6. The van der Waals surface area contributed by atoms with Crippen LogP contribution in [0.3, 0.4) is 0 Å². The SMILES string of the molecule is CC/C=C\C/C=C\C/C=C\C/C=C\CCCCCCCCCCC(=O)OC(COC(=O)CCCCCCCCCCC)COC(=O)CCCCCCCCCCCCCCCCCCCCCCCCCCCCCCC. The lowest BCUT2D eigenvalue weighted by atomic mass is 10.0. The number of hydrogen-bond donors (Lipinski definition) is 0. The topological polar surface area (TPSA) is 78.9 Å². The minimum absolute atomic E-state index is 0.0717. The van der Waals surface area contributed by atoms with Crippen molar-refractivity contribution in [1.29, 1.82) is 0 Å². The molecule has 0 aromatic rings. The van der Waals surface area contributed by atoms with Crippen LogP contribution in [0.2, 0.25) is 0 Å². The molecule has 0 bridgehead atoms. The standard InChI is InChI=1S/C71H130O6/c1-4-7-10-13-16-19-21-23-25-27-29-31-32-33-34-35-36-37-38-40-41-43-45-47-49-52-55-58-61-64-70(73)76-67-68(66-75-69(72)63-60-57-54-51-18-15-12-9-6-3)77-71(74)65-62-59-56-53-50-48-46-44-42-39-30-28-26-24-22-20-17-14-11-8-5-2/h8,11,17,20,24,26,30,39,68H,4-7,9-10,12-16,18-19,21-23,25,27-29,31-38,40-67H2,1-3H3/b11-8-,20-17-,26-24-,39-30-. The van der Waals surface area contributed by atoms with Crippen molar-refractivity contribution in [2.75, 3.05) is 13.2 Å². The Morgan fingerprint density at radius 3 is 0.792 bits per heavy atom. The smallest absolute Gasteiger partial charge is 0.306 e. The number of ether oxygens (including phenoxy) is 3. The van der Waals surface area contributed by atoms with E-state index in [0.717, 1.165) is 89.9 Å². The van der Waals surface area contributed by atoms with Crippen molar-refractivity contribution >= 4 is 17.9 Å². The molecule has 0 radical (unpaired) electrons. The molecule has 0 saturated heterocycles. The van der Waals surface area contributed by atoms with Gasteiger partial charge in [0, 0.05) is 19.3 Å². The second kappa shape index (κ2) is 65.9. The molecule has 0 heterocycles. The highest BCUT2D eigenvalue weighted by molar-refractivity contribution is 5.71. The van der Waals surface area contributed by atoms with Crippen molar-refractivity contribution in [3.8, 4) is 0 Å². The Morgan fingerprint density at radius 2 is 0.506 bits per heavy atom. The molecule has 0 aliphatic rings. The molecule has 77 heavy (non-hydrogen) atoms. The molecule has 0 saturated carbocycles. The van der Waals surface area contributed by atoms with Crippen LogP contribution < -0.4 is 0 Å². The van der Waals surface area contributed by atoms with Crippen LogP contribution in [0.25, 0.3) is 0 Å². The van der Waals surface area contributed by atoms with Crippen LogP contribution in [0, 0.1) is 0 Å². The molecule has 0 N–H and O–H groups in total. The minimum atomic E-state index is -0.774. The van der Waals surface area contributed by atoms with Gasteiger partial charge in [0.1, 0.15) is 13.2 Å². The third-order valence-corrected chi connectivity index (χ3v) is 15.3. The van der Waals surface area contributed by atoms with Crippen molar-refractivity contribution in [1.82, 2.24) is 0 Å². The molecule has 450 valence electrons. The predicted octanol–water partition coefficient (Wildman–Crippen LogP) is 23.3. The van der Waals surface area contributed by atoms with E-state index in [2.05, 4.69) is 69.4 Å². The number of carbonyl (C=O) groups is 3.